The molecule has 0 spiro atoms. The van der Waals surface area contributed by atoms with Crippen LogP contribution in [0.25, 0.3) is 0 Å². The van der Waals surface area contributed by atoms with Crippen LogP contribution in [0.4, 0.5) is 5.69 Å². The molecule has 0 aromatic carbocycles. The number of rotatable bonds is 3. The predicted molar refractivity (Wildman–Crippen MR) is 64.6 cm³/mol. The lowest BCUT2D eigenvalue weighted by Gasteiger charge is -2.21. The second-order valence-corrected chi connectivity index (χ2v) is 4.87. The van der Waals surface area contributed by atoms with E-state index in [9.17, 15) is 4.79 Å². The summed E-state index contributed by atoms with van der Waals surface area (Å²) in [6.07, 6.45) is 2.44. The molecule has 1 N–H and O–H groups in total. The van der Waals surface area contributed by atoms with E-state index in [1.165, 1.54) is 0 Å². The van der Waals surface area contributed by atoms with Crippen LogP contribution in [0, 0.1) is 5.41 Å². The number of anilines is 1. The molecule has 0 unspecified atom stereocenters. The number of amides is 1. The highest BCUT2D eigenvalue weighted by Crippen LogP contribution is 2.22. The van der Waals surface area contributed by atoms with Gasteiger partial charge in [-0.05, 0) is 34.5 Å². The summed E-state index contributed by atoms with van der Waals surface area (Å²) in [6.45, 7) is 5.85. The van der Waals surface area contributed by atoms with Gasteiger partial charge in [-0.3, -0.25) is 4.79 Å². The van der Waals surface area contributed by atoms with Gasteiger partial charge in [-0.15, -0.1) is 0 Å². The Morgan fingerprint density at radius 1 is 1.53 bits per heavy atom. The van der Waals surface area contributed by atoms with Crippen LogP contribution in [-0.4, -0.2) is 10.9 Å². The minimum absolute atomic E-state index is 0.0223. The molecule has 0 aliphatic heterocycles. The molecule has 1 amide bonds. The molecule has 0 aliphatic carbocycles. The van der Waals surface area contributed by atoms with Crippen molar-refractivity contribution in [3.05, 3.63) is 22.9 Å². The highest BCUT2D eigenvalue weighted by atomic mass is 79.9. The molecule has 1 heterocycles. The molecule has 82 valence electrons. The van der Waals surface area contributed by atoms with Crippen LogP contribution in [0.5, 0.6) is 0 Å². The Morgan fingerprint density at radius 2 is 2.20 bits per heavy atom. The number of nitrogens with one attached hydrogen (secondary N) is 1. The second kappa shape index (κ2) is 4.75. The van der Waals surface area contributed by atoms with Gasteiger partial charge in [0.15, 0.2) is 0 Å². The molecule has 1 aromatic heterocycles. The maximum Gasteiger partial charge on any atom is 0.230 e. The van der Waals surface area contributed by atoms with Gasteiger partial charge < -0.3 is 5.32 Å². The van der Waals surface area contributed by atoms with Crippen molar-refractivity contribution in [2.75, 3.05) is 5.32 Å². The molecule has 0 saturated carbocycles. The van der Waals surface area contributed by atoms with Gasteiger partial charge in [0.2, 0.25) is 5.91 Å². The molecule has 3 nitrogen and oxygen atoms in total. The van der Waals surface area contributed by atoms with Crippen LogP contribution < -0.4 is 5.32 Å². The lowest BCUT2D eigenvalue weighted by atomic mass is 9.89. The quantitative estimate of drug-likeness (QED) is 0.857. The van der Waals surface area contributed by atoms with Gasteiger partial charge in [0.25, 0.3) is 0 Å². The number of halogens is 1. The summed E-state index contributed by atoms with van der Waals surface area (Å²) >= 11 is 3.24. The first kappa shape index (κ1) is 12.2. The van der Waals surface area contributed by atoms with E-state index in [2.05, 4.69) is 26.2 Å². The zero-order chi connectivity index (χ0) is 11.5. The Balaban J connectivity index is 2.71. The van der Waals surface area contributed by atoms with E-state index < -0.39 is 0 Å². The molecule has 0 atom stereocenters. The third kappa shape index (κ3) is 3.30. The lowest BCUT2D eigenvalue weighted by Crippen LogP contribution is -2.29. The van der Waals surface area contributed by atoms with E-state index in [1.807, 2.05) is 26.8 Å². The largest absolute Gasteiger partial charge is 0.324 e. The summed E-state index contributed by atoms with van der Waals surface area (Å²) in [5, 5.41) is 2.84. The van der Waals surface area contributed by atoms with Crippen molar-refractivity contribution in [1.29, 1.82) is 0 Å². The van der Waals surface area contributed by atoms with Crippen molar-refractivity contribution >= 4 is 27.5 Å². The van der Waals surface area contributed by atoms with Crippen LogP contribution in [0.3, 0.4) is 0 Å². The van der Waals surface area contributed by atoms with Gasteiger partial charge in [0.1, 0.15) is 4.60 Å². The van der Waals surface area contributed by atoms with Crippen molar-refractivity contribution in [3.63, 3.8) is 0 Å². The van der Waals surface area contributed by atoms with Crippen molar-refractivity contribution in [2.45, 2.75) is 27.2 Å². The minimum atomic E-state index is -0.340. The SMILES string of the molecule is CCC(C)(C)C(=O)Nc1ccc(Br)nc1. The Bertz CT molecular complexity index is 346. The fourth-order valence-corrected chi connectivity index (χ4v) is 1.15. The predicted octanol–water partition coefficient (Wildman–Crippen LogP) is 3.22. The number of aromatic nitrogens is 1. The summed E-state index contributed by atoms with van der Waals surface area (Å²) in [7, 11) is 0. The average Bonchev–Trinajstić information content (AvgIpc) is 2.21. The molecule has 0 fully saturated rings. The summed E-state index contributed by atoms with van der Waals surface area (Å²) < 4.78 is 0.759. The first-order valence-corrected chi connectivity index (χ1v) is 5.68. The zero-order valence-corrected chi connectivity index (χ0v) is 10.8. The molecular weight excluding hydrogens is 256 g/mol. The maximum absolute atomic E-state index is 11.8. The highest BCUT2D eigenvalue weighted by molar-refractivity contribution is 9.10. The number of pyridine rings is 1. The third-order valence-corrected chi connectivity index (χ3v) is 2.95. The molecule has 0 radical (unpaired) electrons. The zero-order valence-electron chi connectivity index (χ0n) is 9.17. The summed E-state index contributed by atoms with van der Waals surface area (Å²) in [4.78, 5) is 15.8. The Morgan fingerprint density at radius 3 is 2.67 bits per heavy atom. The van der Waals surface area contributed by atoms with E-state index in [0.717, 1.165) is 16.7 Å². The van der Waals surface area contributed by atoms with Crippen LogP contribution >= 0.6 is 15.9 Å². The van der Waals surface area contributed by atoms with E-state index >= 15 is 0 Å². The highest BCUT2D eigenvalue weighted by Gasteiger charge is 2.25. The first-order valence-electron chi connectivity index (χ1n) is 4.88. The van der Waals surface area contributed by atoms with Crippen molar-refractivity contribution in [1.82, 2.24) is 4.98 Å². The molecule has 1 aromatic rings. The van der Waals surface area contributed by atoms with Crippen molar-refractivity contribution in [3.8, 4) is 0 Å². The van der Waals surface area contributed by atoms with Crippen molar-refractivity contribution < 1.29 is 4.79 Å². The number of hydrogen-bond donors (Lipinski definition) is 1. The van der Waals surface area contributed by atoms with Gasteiger partial charge in [-0.1, -0.05) is 20.8 Å². The molecule has 0 saturated heterocycles. The molecular formula is C11H15BrN2O. The number of carbonyl (C=O) groups is 1. The van der Waals surface area contributed by atoms with Gasteiger partial charge >= 0.3 is 0 Å². The molecule has 1 rings (SSSR count). The number of carbonyl (C=O) groups excluding carboxylic acids is 1. The molecule has 0 aliphatic rings. The van der Waals surface area contributed by atoms with Crippen LogP contribution in [0.2, 0.25) is 0 Å². The molecule has 0 bridgehead atoms. The topological polar surface area (TPSA) is 42.0 Å². The summed E-state index contributed by atoms with van der Waals surface area (Å²) in [6, 6.07) is 3.62. The maximum atomic E-state index is 11.8. The average molecular weight is 271 g/mol. The van der Waals surface area contributed by atoms with Crippen molar-refractivity contribution in [2.24, 2.45) is 5.41 Å². The number of hydrogen-bond acceptors (Lipinski definition) is 2. The normalized spacial score (nSPS) is 11.2. The van der Waals surface area contributed by atoms with E-state index in [4.69, 9.17) is 0 Å². The monoisotopic (exact) mass is 270 g/mol. The van der Waals surface area contributed by atoms with Crippen LogP contribution in [-0.2, 0) is 4.79 Å². The smallest absolute Gasteiger partial charge is 0.230 e. The Kier molecular flexibility index (Phi) is 3.85. The lowest BCUT2D eigenvalue weighted by molar-refractivity contribution is -0.124. The minimum Gasteiger partial charge on any atom is -0.324 e. The first-order chi connectivity index (χ1) is 6.95. The summed E-state index contributed by atoms with van der Waals surface area (Å²) in [5.41, 5.74) is 0.386. The Labute approximate surface area is 98.4 Å². The van der Waals surface area contributed by atoms with E-state index in [0.29, 0.717) is 0 Å². The summed E-state index contributed by atoms with van der Waals surface area (Å²) in [5.74, 6) is 0.0223. The van der Waals surface area contributed by atoms with Gasteiger partial charge in [-0.25, -0.2) is 4.98 Å². The van der Waals surface area contributed by atoms with Gasteiger partial charge in [-0.2, -0.15) is 0 Å². The molecule has 4 heteroatoms. The second-order valence-electron chi connectivity index (χ2n) is 4.06. The van der Waals surface area contributed by atoms with Crippen LogP contribution in [0.15, 0.2) is 22.9 Å². The third-order valence-electron chi connectivity index (χ3n) is 2.48. The molecule has 15 heavy (non-hydrogen) atoms. The fourth-order valence-electron chi connectivity index (χ4n) is 0.911. The van der Waals surface area contributed by atoms with Crippen LogP contribution in [0.1, 0.15) is 27.2 Å². The fraction of sp³-hybridized carbons (Fsp3) is 0.455. The Hall–Kier alpha value is -0.900. The van der Waals surface area contributed by atoms with E-state index in [-0.39, 0.29) is 11.3 Å². The van der Waals surface area contributed by atoms with E-state index in [1.54, 1.807) is 12.3 Å². The van der Waals surface area contributed by atoms with Gasteiger partial charge in [0.05, 0.1) is 11.9 Å². The van der Waals surface area contributed by atoms with Gasteiger partial charge in [0, 0.05) is 5.41 Å². The number of nitrogens with zero attached hydrogens (tertiary/aromatic N) is 1. The standard InChI is InChI=1S/C11H15BrN2O/c1-4-11(2,3)10(15)14-8-5-6-9(12)13-7-8/h5-7H,4H2,1-3H3,(H,14,15).